The molecule has 4 aromatic rings. The number of rotatable bonds is 8. The van der Waals surface area contributed by atoms with Crippen molar-refractivity contribution in [3.8, 4) is 23.0 Å². The number of ether oxygens (including phenoxy) is 2. The van der Waals surface area contributed by atoms with Gasteiger partial charge in [0.2, 0.25) is 26.6 Å². The summed E-state index contributed by atoms with van der Waals surface area (Å²) >= 11 is 0. The summed E-state index contributed by atoms with van der Waals surface area (Å²) in [7, 11) is -0.951. The van der Waals surface area contributed by atoms with Crippen LogP contribution in [0.2, 0.25) is 0 Å². The molecule has 0 spiro atoms. The van der Waals surface area contributed by atoms with Crippen LogP contribution >= 0.6 is 0 Å². The van der Waals surface area contributed by atoms with Gasteiger partial charge in [-0.05, 0) is 66.2 Å². The highest BCUT2D eigenvalue weighted by Crippen LogP contribution is 2.33. The fourth-order valence-electron chi connectivity index (χ4n) is 3.11. The number of sulfone groups is 1. The summed E-state index contributed by atoms with van der Waals surface area (Å²) in [5.74, 6) is 0.921. The van der Waals surface area contributed by atoms with Gasteiger partial charge in [0.15, 0.2) is 0 Å². The maximum atomic E-state index is 13.3. The highest BCUT2D eigenvalue weighted by Gasteiger charge is 2.28. The Labute approximate surface area is 190 Å². The Balaban J connectivity index is 1.71. The molecule has 0 saturated heterocycles. The summed E-state index contributed by atoms with van der Waals surface area (Å²) in [6.45, 7) is 0.285. The third-order valence-corrected chi connectivity index (χ3v) is 6.60. The summed E-state index contributed by atoms with van der Waals surface area (Å²) in [5, 5.41) is 2.74. The van der Waals surface area contributed by atoms with Crippen molar-refractivity contribution in [2.75, 3.05) is 19.5 Å². The SMILES string of the molecule is COc1ccc(CNc2oc(-c3ccc(OC)cc3)nc2S(=O)(=O)c2ccc(F)cc2)cc1. The van der Waals surface area contributed by atoms with Crippen molar-refractivity contribution in [1.29, 1.82) is 0 Å². The molecule has 0 aliphatic carbocycles. The average Bonchev–Trinajstić information content (AvgIpc) is 3.28. The summed E-state index contributed by atoms with van der Waals surface area (Å²) in [6, 6.07) is 18.7. The van der Waals surface area contributed by atoms with Crippen LogP contribution in [0.5, 0.6) is 11.5 Å². The number of benzene rings is 3. The molecule has 0 amide bonds. The molecule has 0 bridgehead atoms. The van der Waals surface area contributed by atoms with E-state index in [4.69, 9.17) is 13.9 Å². The monoisotopic (exact) mass is 468 g/mol. The Kier molecular flexibility index (Phi) is 6.32. The maximum Gasteiger partial charge on any atom is 0.234 e. The number of anilines is 1. The largest absolute Gasteiger partial charge is 0.497 e. The van der Waals surface area contributed by atoms with E-state index in [1.54, 1.807) is 50.6 Å². The molecule has 1 aromatic heterocycles. The van der Waals surface area contributed by atoms with Gasteiger partial charge >= 0.3 is 0 Å². The standard InChI is InChI=1S/C24H21FN2O5S/c1-30-19-9-3-16(4-10-19)15-26-23-24(33(28,29)21-13-7-18(25)8-14-21)27-22(32-23)17-5-11-20(31-2)12-6-17/h3-14,26H,15H2,1-2H3. The molecule has 0 aliphatic rings. The molecule has 170 valence electrons. The molecule has 0 aliphatic heterocycles. The van der Waals surface area contributed by atoms with Gasteiger partial charge in [-0.2, -0.15) is 4.98 Å². The molecule has 4 rings (SSSR count). The fourth-order valence-corrected chi connectivity index (χ4v) is 4.39. The molecular formula is C24H21FN2O5S. The van der Waals surface area contributed by atoms with E-state index in [9.17, 15) is 12.8 Å². The van der Waals surface area contributed by atoms with Gasteiger partial charge in [-0.1, -0.05) is 12.1 Å². The lowest BCUT2D eigenvalue weighted by atomic mass is 10.2. The van der Waals surface area contributed by atoms with Crippen molar-refractivity contribution >= 4 is 15.7 Å². The van der Waals surface area contributed by atoms with Crippen molar-refractivity contribution in [1.82, 2.24) is 4.98 Å². The molecule has 0 fully saturated rings. The average molecular weight is 469 g/mol. The molecule has 1 heterocycles. The van der Waals surface area contributed by atoms with Crippen LogP contribution in [-0.2, 0) is 16.4 Å². The first-order valence-corrected chi connectivity index (χ1v) is 11.4. The lowest BCUT2D eigenvalue weighted by Gasteiger charge is -2.07. The third kappa shape index (κ3) is 4.83. The van der Waals surface area contributed by atoms with Gasteiger partial charge < -0.3 is 19.2 Å². The Hall–Kier alpha value is -3.85. The lowest BCUT2D eigenvalue weighted by molar-refractivity contribution is 0.414. The number of hydrogen-bond donors (Lipinski definition) is 1. The van der Waals surface area contributed by atoms with Crippen LogP contribution in [0.4, 0.5) is 10.3 Å². The molecular weight excluding hydrogens is 447 g/mol. The zero-order valence-electron chi connectivity index (χ0n) is 17.9. The van der Waals surface area contributed by atoms with Crippen LogP contribution in [0.1, 0.15) is 5.56 Å². The van der Waals surface area contributed by atoms with Gasteiger partial charge in [0.25, 0.3) is 0 Å². The van der Waals surface area contributed by atoms with E-state index in [1.807, 2.05) is 12.1 Å². The number of hydrogen-bond acceptors (Lipinski definition) is 7. The van der Waals surface area contributed by atoms with E-state index in [-0.39, 0.29) is 28.2 Å². The zero-order chi connectivity index (χ0) is 23.4. The van der Waals surface area contributed by atoms with Crippen molar-refractivity contribution < 1.29 is 26.7 Å². The number of aromatic nitrogens is 1. The maximum absolute atomic E-state index is 13.3. The van der Waals surface area contributed by atoms with Gasteiger partial charge in [-0.3, -0.25) is 0 Å². The quantitative estimate of drug-likeness (QED) is 0.366. The molecule has 7 nitrogen and oxygen atoms in total. The van der Waals surface area contributed by atoms with Gasteiger partial charge in [-0.25, -0.2) is 12.8 Å². The minimum Gasteiger partial charge on any atom is -0.497 e. The van der Waals surface area contributed by atoms with Crippen LogP contribution in [-0.4, -0.2) is 27.6 Å². The van der Waals surface area contributed by atoms with Crippen molar-refractivity contribution in [3.63, 3.8) is 0 Å². The lowest BCUT2D eigenvalue weighted by Crippen LogP contribution is -2.07. The molecule has 0 saturated carbocycles. The topological polar surface area (TPSA) is 90.7 Å². The molecule has 3 aromatic carbocycles. The van der Waals surface area contributed by atoms with E-state index in [1.165, 1.54) is 12.1 Å². The van der Waals surface area contributed by atoms with E-state index < -0.39 is 15.7 Å². The molecule has 0 atom stereocenters. The van der Waals surface area contributed by atoms with Crippen molar-refractivity contribution in [3.05, 3.63) is 84.2 Å². The van der Waals surface area contributed by atoms with Gasteiger partial charge in [-0.15, -0.1) is 0 Å². The predicted molar refractivity (Wildman–Crippen MR) is 121 cm³/mol. The van der Waals surface area contributed by atoms with Gasteiger partial charge in [0.05, 0.1) is 19.1 Å². The first kappa shape index (κ1) is 22.3. The Morgan fingerprint density at radius 2 is 1.45 bits per heavy atom. The van der Waals surface area contributed by atoms with Crippen LogP contribution < -0.4 is 14.8 Å². The van der Waals surface area contributed by atoms with Gasteiger partial charge in [0, 0.05) is 12.1 Å². The van der Waals surface area contributed by atoms with Crippen LogP contribution in [0.3, 0.4) is 0 Å². The second-order valence-corrected chi connectivity index (χ2v) is 8.91. The summed E-state index contributed by atoms with van der Waals surface area (Å²) in [5.41, 5.74) is 1.45. The molecule has 0 unspecified atom stereocenters. The summed E-state index contributed by atoms with van der Waals surface area (Å²) < 4.78 is 56.1. The van der Waals surface area contributed by atoms with E-state index in [0.717, 1.165) is 17.7 Å². The number of nitrogens with one attached hydrogen (secondary N) is 1. The first-order valence-electron chi connectivity index (χ1n) is 9.93. The molecule has 0 radical (unpaired) electrons. The second-order valence-electron chi connectivity index (χ2n) is 7.04. The van der Waals surface area contributed by atoms with E-state index in [2.05, 4.69) is 10.3 Å². The minimum absolute atomic E-state index is 0.0130. The molecule has 33 heavy (non-hydrogen) atoms. The van der Waals surface area contributed by atoms with Crippen molar-refractivity contribution in [2.24, 2.45) is 0 Å². The van der Waals surface area contributed by atoms with Crippen molar-refractivity contribution in [2.45, 2.75) is 16.5 Å². The minimum atomic E-state index is -4.08. The normalized spacial score (nSPS) is 11.2. The smallest absolute Gasteiger partial charge is 0.234 e. The van der Waals surface area contributed by atoms with Crippen LogP contribution in [0, 0.1) is 5.82 Å². The zero-order valence-corrected chi connectivity index (χ0v) is 18.7. The third-order valence-electron chi connectivity index (χ3n) is 4.92. The van der Waals surface area contributed by atoms with Crippen LogP contribution in [0.15, 0.2) is 87.1 Å². The van der Waals surface area contributed by atoms with Crippen LogP contribution in [0.25, 0.3) is 11.5 Å². The predicted octanol–water partition coefficient (Wildman–Crippen LogP) is 4.94. The number of methoxy groups -OCH3 is 2. The number of oxazole rings is 1. The Bertz CT molecular complexity index is 1330. The van der Waals surface area contributed by atoms with E-state index >= 15 is 0 Å². The molecule has 9 heteroatoms. The highest BCUT2D eigenvalue weighted by molar-refractivity contribution is 7.91. The fraction of sp³-hybridized carbons (Fsp3) is 0.125. The highest BCUT2D eigenvalue weighted by atomic mass is 32.2. The second kappa shape index (κ2) is 9.33. The van der Waals surface area contributed by atoms with Gasteiger partial charge in [0.1, 0.15) is 17.3 Å². The summed E-state index contributed by atoms with van der Waals surface area (Å²) in [4.78, 5) is 4.18. The number of halogens is 1. The summed E-state index contributed by atoms with van der Waals surface area (Å²) in [6.07, 6.45) is 0. The Morgan fingerprint density at radius 1 is 0.879 bits per heavy atom. The molecule has 1 N–H and O–H groups in total. The van der Waals surface area contributed by atoms with E-state index in [0.29, 0.717) is 17.1 Å². The first-order chi connectivity index (χ1) is 15.9. The Morgan fingerprint density at radius 3 is 2.03 bits per heavy atom. The number of nitrogens with zero attached hydrogens (tertiary/aromatic N) is 1.